The van der Waals surface area contributed by atoms with Crippen LogP contribution in [0.4, 0.5) is 5.69 Å². The summed E-state index contributed by atoms with van der Waals surface area (Å²) in [6, 6.07) is 12.6. The average molecular weight is 376 g/mol. The molecule has 140 valence electrons. The third kappa shape index (κ3) is 3.30. The van der Waals surface area contributed by atoms with E-state index in [2.05, 4.69) is 5.32 Å². The van der Waals surface area contributed by atoms with E-state index in [1.54, 1.807) is 26.3 Å². The molecular formula is C19H24N2O4S. The first-order chi connectivity index (χ1) is 12.5. The Bertz CT molecular complexity index is 883. The van der Waals surface area contributed by atoms with Crippen molar-refractivity contribution in [3.63, 3.8) is 0 Å². The zero-order chi connectivity index (χ0) is 18.7. The quantitative estimate of drug-likeness (QED) is 0.785. The summed E-state index contributed by atoms with van der Waals surface area (Å²) in [7, 11) is 1.11. The lowest BCUT2D eigenvalue weighted by Gasteiger charge is -2.22. The lowest BCUT2D eigenvalue weighted by Crippen LogP contribution is -2.26. The van der Waals surface area contributed by atoms with Crippen LogP contribution in [0.3, 0.4) is 0 Å². The molecule has 1 aliphatic rings. The summed E-state index contributed by atoms with van der Waals surface area (Å²) < 4.78 is 38.1. The van der Waals surface area contributed by atoms with Crippen LogP contribution in [0.2, 0.25) is 0 Å². The lowest BCUT2D eigenvalue weighted by molar-refractivity contribution is 0.193. The first kappa shape index (κ1) is 18.7. The fraction of sp³-hybridized carbons (Fsp3) is 0.368. The van der Waals surface area contributed by atoms with Gasteiger partial charge in [-0.1, -0.05) is 24.3 Å². The fourth-order valence-electron chi connectivity index (χ4n) is 3.25. The zero-order valence-corrected chi connectivity index (χ0v) is 16.0. The molecule has 6 nitrogen and oxygen atoms in total. The van der Waals surface area contributed by atoms with Crippen molar-refractivity contribution in [2.75, 3.05) is 38.7 Å². The number of methoxy groups -OCH3 is 2. The van der Waals surface area contributed by atoms with Gasteiger partial charge in [-0.2, -0.15) is 0 Å². The largest absolute Gasteiger partial charge is 0.497 e. The summed E-state index contributed by atoms with van der Waals surface area (Å²) >= 11 is 0. The molecule has 0 bridgehead atoms. The van der Waals surface area contributed by atoms with Crippen LogP contribution in [0, 0.1) is 0 Å². The van der Waals surface area contributed by atoms with Gasteiger partial charge in [0, 0.05) is 26.8 Å². The van der Waals surface area contributed by atoms with Crippen molar-refractivity contribution in [2.45, 2.75) is 17.4 Å². The van der Waals surface area contributed by atoms with E-state index < -0.39 is 10.0 Å². The van der Waals surface area contributed by atoms with Gasteiger partial charge in [0.1, 0.15) is 5.75 Å². The molecule has 0 aliphatic carbocycles. The molecule has 0 aromatic heterocycles. The van der Waals surface area contributed by atoms with Gasteiger partial charge in [-0.15, -0.1) is 0 Å². The minimum Gasteiger partial charge on any atom is -0.497 e. The van der Waals surface area contributed by atoms with Gasteiger partial charge in [0.25, 0.3) is 10.0 Å². The zero-order valence-electron chi connectivity index (χ0n) is 15.2. The second kappa shape index (κ2) is 7.65. The molecule has 0 radical (unpaired) electrons. The highest BCUT2D eigenvalue weighted by molar-refractivity contribution is 7.92. The highest BCUT2D eigenvalue weighted by Gasteiger charge is 2.34. The molecule has 1 aliphatic heterocycles. The van der Waals surface area contributed by atoms with E-state index in [9.17, 15) is 8.42 Å². The van der Waals surface area contributed by atoms with Gasteiger partial charge in [0.05, 0.1) is 23.7 Å². The first-order valence-corrected chi connectivity index (χ1v) is 9.93. The van der Waals surface area contributed by atoms with Gasteiger partial charge >= 0.3 is 0 Å². The average Bonchev–Trinajstić information content (AvgIpc) is 2.73. The standard InChI is InChI=1S/C19H24N2O4S/c1-21-17-8-5-4-7-15(17)19(20-11-6-12-24-2)16-10-9-14(25-3)13-18(16)26(21,22)23/h4-5,7-10,13,19-20H,6,11-12H2,1-3H3. The van der Waals surface area contributed by atoms with Gasteiger partial charge in [-0.25, -0.2) is 8.42 Å². The summed E-state index contributed by atoms with van der Waals surface area (Å²) in [5.41, 5.74) is 2.33. The fourth-order valence-corrected chi connectivity index (χ4v) is 4.72. The van der Waals surface area contributed by atoms with Crippen molar-refractivity contribution in [1.29, 1.82) is 0 Å². The second-order valence-corrected chi connectivity index (χ2v) is 8.11. The van der Waals surface area contributed by atoms with Crippen LogP contribution in [-0.4, -0.2) is 42.8 Å². The summed E-state index contributed by atoms with van der Waals surface area (Å²) in [6.45, 7) is 1.36. The maximum absolute atomic E-state index is 13.2. The summed E-state index contributed by atoms with van der Waals surface area (Å²) in [5.74, 6) is 0.518. The monoisotopic (exact) mass is 376 g/mol. The number of rotatable bonds is 6. The molecule has 1 unspecified atom stereocenters. The first-order valence-electron chi connectivity index (χ1n) is 8.49. The number of hydrogen-bond acceptors (Lipinski definition) is 5. The number of nitrogens with one attached hydrogen (secondary N) is 1. The van der Waals surface area contributed by atoms with E-state index in [1.807, 2.05) is 30.3 Å². The molecule has 2 aromatic rings. The molecule has 2 aromatic carbocycles. The van der Waals surface area contributed by atoms with Crippen LogP contribution >= 0.6 is 0 Å². The molecular weight excluding hydrogens is 352 g/mol. The predicted molar refractivity (Wildman–Crippen MR) is 101 cm³/mol. The second-order valence-electron chi connectivity index (χ2n) is 6.17. The topological polar surface area (TPSA) is 67.9 Å². The van der Waals surface area contributed by atoms with Crippen LogP contribution in [0.15, 0.2) is 47.4 Å². The number of ether oxygens (including phenoxy) is 2. The Hall–Kier alpha value is -2.09. The van der Waals surface area contributed by atoms with Crippen molar-refractivity contribution in [3.05, 3.63) is 53.6 Å². The minimum atomic E-state index is -3.68. The highest BCUT2D eigenvalue weighted by Crippen LogP contribution is 2.41. The number of benzene rings is 2. The summed E-state index contributed by atoms with van der Waals surface area (Å²) in [4.78, 5) is 0.264. The van der Waals surface area contributed by atoms with E-state index >= 15 is 0 Å². The van der Waals surface area contributed by atoms with Crippen molar-refractivity contribution in [2.24, 2.45) is 0 Å². The predicted octanol–water partition coefficient (Wildman–Crippen LogP) is 2.55. The molecule has 1 N–H and O–H groups in total. The van der Waals surface area contributed by atoms with Crippen molar-refractivity contribution in [1.82, 2.24) is 5.32 Å². The molecule has 3 rings (SSSR count). The number of sulfonamides is 1. The Balaban J connectivity index is 2.16. The molecule has 0 saturated heterocycles. The van der Waals surface area contributed by atoms with E-state index in [1.165, 1.54) is 11.4 Å². The smallest absolute Gasteiger partial charge is 0.264 e. The maximum Gasteiger partial charge on any atom is 0.264 e. The van der Waals surface area contributed by atoms with E-state index in [-0.39, 0.29) is 10.9 Å². The molecule has 0 saturated carbocycles. The molecule has 7 heteroatoms. The number of anilines is 1. The Morgan fingerprint density at radius 3 is 2.62 bits per heavy atom. The number of hydrogen-bond donors (Lipinski definition) is 1. The van der Waals surface area contributed by atoms with Crippen LogP contribution < -0.4 is 14.4 Å². The summed E-state index contributed by atoms with van der Waals surface area (Å²) in [6.07, 6.45) is 0.837. The van der Waals surface area contributed by atoms with Crippen LogP contribution in [0.5, 0.6) is 5.75 Å². The Morgan fingerprint density at radius 2 is 1.88 bits per heavy atom. The maximum atomic E-state index is 13.2. The third-order valence-corrected chi connectivity index (χ3v) is 6.46. The SMILES string of the molecule is COCCCNC1c2ccccc2N(C)S(=O)(=O)c2cc(OC)ccc21. The minimum absolute atomic E-state index is 0.233. The van der Waals surface area contributed by atoms with E-state index in [4.69, 9.17) is 9.47 Å². The number of nitrogens with zero attached hydrogens (tertiary/aromatic N) is 1. The molecule has 0 spiro atoms. The Labute approximate surface area is 154 Å². The summed E-state index contributed by atoms with van der Waals surface area (Å²) in [5, 5.41) is 3.49. The van der Waals surface area contributed by atoms with E-state index in [0.29, 0.717) is 24.6 Å². The third-order valence-electron chi connectivity index (χ3n) is 4.63. The molecule has 0 fully saturated rings. The molecule has 1 heterocycles. The normalized spacial score (nSPS) is 18.0. The van der Waals surface area contributed by atoms with Crippen LogP contribution in [0.25, 0.3) is 0 Å². The molecule has 26 heavy (non-hydrogen) atoms. The van der Waals surface area contributed by atoms with Gasteiger partial charge < -0.3 is 14.8 Å². The van der Waals surface area contributed by atoms with Crippen LogP contribution in [-0.2, 0) is 14.8 Å². The Morgan fingerprint density at radius 1 is 1.12 bits per heavy atom. The number of fused-ring (bicyclic) bond motifs is 2. The van der Waals surface area contributed by atoms with Crippen molar-refractivity contribution >= 4 is 15.7 Å². The van der Waals surface area contributed by atoms with E-state index in [0.717, 1.165) is 17.5 Å². The van der Waals surface area contributed by atoms with Gasteiger partial charge in [-0.05, 0) is 36.2 Å². The van der Waals surface area contributed by atoms with Crippen LogP contribution in [0.1, 0.15) is 23.6 Å². The highest BCUT2D eigenvalue weighted by atomic mass is 32.2. The van der Waals surface area contributed by atoms with Crippen molar-refractivity contribution < 1.29 is 17.9 Å². The van der Waals surface area contributed by atoms with Gasteiger partial charge in [0.2, 0.25) is 0 Å². The van der Waals surface area contributed by atoms with Crippen molar-refractivity contribution in [3.8, 4) is 5.75 Å². The molecule has 0 amide bonds. The van der Waals surface area contributed by atoms with Gasteiger partial charge in [0.15, 0.2) is 0 Å². The van der Waals surface area contributed by atoms with Gasteiger partial charge in [-0.3, -0.25) is 4.31 Å². The lowest BCUT2D eigenvalue weighted by atomic mass is 9.96. The molecule has 1 atom stereocenters. The Kier molecular flexibility index (Phi) is 5.50. The number of para-hydroxylation sites is 1.